The molecule has 1 aliphatic heterocycles. The molecule has 1 heterocycles. The normalized spacial score (nSPS) is 18.5. The Kier molecular flexibility index (Phi) is 7.22. The van der Waals surface area contributed by atoms with Crippen molar-refractivity contribution in [3.63, 3.8) is 0 Å². The third-order valence-corrected chi connectivity index (χ3v) is 3.30. The summed E-state index contributed by atoms with van der Waals surface area (Å²) in [5.74, 6) is 1.24. The van der Waals surface area contributed by atoms with Crippen LogP contribution in [0.25, 0.3) is 0 Å². The fraction of sp³-hybridized carbons (Fsp3) is 0.733. The highest BCUT2D eigenvalue weighted by molar-refractivity contribution is 5.84. The van der Waals surface area contributed by atoms with Crippen LogP contribution in [0.5, 0.6) is 0 Å². The van der Waals surface area contributed by atoms with Gasteiger partial charge in [0.2, 0.25) is 5.91 Å². The zero-order valence-electron chi connectivity index (χ0n) is 13.7. The predicted molar refractivity (Wildman–Crippen MR) is 85.4 cm³/mol. The molecule has 0 aromatic carbocycles. The Hall–Kier alpha value is -1.56. The highest BCUT2D eigenvalue weighted by Crippen LogP contribution is 2.10. The number of aliphatic imine (C=N–C) groups is 1. The lowest BCUT2D eigenvalue weighted by atomic mass is 10.1. The number of hydrogen-bond donors (Lipinski definition) is 1. The average Bonchev–Trinajstić information content (AvgIpc) is 2.90. The number of nitrogens with one attached hydrogen (secondary N) is 1. The quantitative estimate of drug-likeness (QED) is 0.442. The number of hydrogen-bond acceptors (Lipinski definition) is 3. The summed E-state index contributed by atoms with van der Waals surface area (Å²) >= 11 is 0. The summed E-state index contributed by atoms with van der Waals surface area (Å²) in [6, 6.07) is 0. The van der Waals surface area contributed by atoms with Gasteiger partial charge >= 0.3 is 0 Å². The lowest BCUT2D eigenvalue weighted by molar-refractivity contribution is -0.127. The molecule has 21 heavy (non-hydrogen) atoms. The molecule has 1 amide bonds. The third kappa shape index (κ3) is 6.62. The minimum absolute atomic E-state index is 0.0118. The molecule has 6 heteroatoms. The first kappa shape index (κ1) is 17.5. The maximum Gasteiger partial charge on any atom is 0.243 e. The molecule has 6 nitrogen and oxygen atoms in total. The summed E-state index contributed by atoms with van der Waals surface area (Å²) in [5, 5.41) is 3.35. The molecule has 120 valence electrons. The van der Waals surface area contributed by atoms with E-state index in [0.717, 1.165) is 37.7 Å². The van der Waals surface area contributed by atoms with E-state index in [-0.39, 0.29) is 12.5 Å². The van der Waals surface area contributed by atoms with Gasteiger partial charge in [0.15, 0.2) is 5.96 Å². The molecule has 1 N–H and O–H groups in total. The SMILES string of the molecule is C=C(C)CN(C)C(=NCC(=O)N(C)C)NCC1CCOC1. The molecule has 1 fully saturated rings. The summed E-state index contributed by atoms with van der Waals surface area (Å²) in [5.41, 5.74) is 1.05. The van der Waals surface area contributed by atoms with Gasteiger partial charge in [-0.2, -0.15) is 0 Å². The molecule has 1 aliphatic rings. The van der Waals surface area contributed by atoms with Crippen molar-refractivity contribution in [2.75, 3.05) is 54.0 Å². The maximum absolute atomic E-state index is 11.7. The smallest absolute Gasteiger partial charge is 0.243 e. The van der Waals surface area contributed by atoms with E-state index in [4.69, 9.17) is 4.74 Å². The first-order chi connectivity index (χ1) is 9.90. The fourth-order valence-electron chi connectivity index (χ4n) is 2.06. The largest absolute Gasteiger partial charge is 0.381 e. The van der Waals surface area contributed by atoms with Gasteiger partial charge in [0.05, 0.1) is 6.61 Å². The summed E-state index contributed by atoms with van der Waals surface area (Å²) < 4.78 is 5.38. The monoisotopic (exact) mass is 296 g/mol. The number of rotatable bonds is 6. The second kappa shape index (κ2) is 8.67. The number of carbonyl (C=O) groups excluding carboxylic acids is 1. The molecular weight excluding hydrogens is 268 g/mol. The number of ether oxygens (including phenoxy) is 1. The molecule has 0 aromatic rings. The van der Waals surface area contributed by atoms with Crippen LogP contribution in [-0.2, 0) is 9.53 Å². The number of likely N-dealkylation sites (N-methyl/N-ethyl adjacent to an activating group) is 2. The zero-order chi connectivity index (χ0) is 15.8. The van der Waals surface area contributed by atoms with Crippen LogP contribution in [0.3, 0.4) is 0 Å². The number of nitrogens with zero attached hydrogens (tertiary/aromatic N) is 3. The van der Waals surface area contributed by atoms with Gasteiger partial charge in [-0.1, -0.05) is 12.2 Å². The topological polar surface area (TPSA) is 57.2 Å². The highest BCUT2D eigenvalue weighted by Gasteiger charge is 2.17. The Balaban J connectivity index is 2.61. The van der Waals surface area contributed by atoms with Crippen molar-refractivity contribution in [3.05, 3.63) is 12.2 Å². The Morgan fingerprint density at radius 3 is 2.67 bits per heavy atom. The van der Waals surface area contributed by atoms with E-state index < -0.39 is 0 Å². The Morgan fingerprint density at radius 2 is 2.14 bits per heavy atom. The van der Waals surface area contributed by atoms with Crippen LogP contribution in [0.1, 0.15) is 13.3 Å². The number of amides is 1. The standard InChI is InChI=1S/C15H28N4O2/c1-12(2)10-19(5)15(17-9-14(20)18(3)4)16-8-13-6-7-21-11-13/h13H,1,6-11H2,2-5H3,(H,16,17). The number of guanidine groups is 1. The second-order valence-corrected chi connectivity index (χ2v) is 5.85. The van der Waals surface area contributed by atoms with Gasteiger partial charge in [0, 0.05) is 46.8 Å². The maximum atomic E-state index is 11.7. The Morgan fingerprint density at radius 1 is 1.43 bits per heavy atom. The first-order valence-electron chi connectivity index (χ1n) is 7.32. The molecular formula is C15H28N4O2. The van der Waals surface area contributed by atoms with Gasteiger partial charge in [-0.15, -0.1) is 0 Å². The van der Waals surface area contributed by atoms with Gasteiger partial charge in [-0.25, -0.2) is 4.99 Å². The van der Waals surface area contributed by atoms with Gasteiger partial charge in [0.1, 0.15) is 6.54 Å². The average molecular weight is 296 g/mol. The van der Waals surface area contributed by atoms with Crippen LogP contribution in [0.15, 0.2) is 17.1 Å². The van der Waals surface area contributed by atoms with Crippen LogP contribution in [0, 0.1) is 5.92 Å². The molecule has 0 aliphatic carbocycles. The molecule has 0 saturated carbocycles. The molecule has 0 spiro atoms. The van der Waals surface area contributed by atoms with Crippen molar-refractivity contribution in [1.29, 1.82) is 0 Å². The molecule has 0 aromatic heterocycles. The molecule has 1 saturated heterocycles. The minimum atomic E-state index is -0.0118. The van der Waals surface area contributed by atoms with Crippen LogP contribution in [0.2, 0.25) is 0 Å². The van der Waals surface area contributed by atoms with Gasteiger partial charge in [-0.3, -0.25) is 4.79 Å². The van der Waals surface area contributed by atoms with E-state index in [1.165, 1.54) is 0 Å². The predicted octanol–water partition coefficient (Wildman–Crippen LogP) is 0.565. The second-order valence-electron chi connectivity index (χ2n) is 5.85. The van der Waals surface area contributed by atoms with E-state index in [1.807, 2.05) is 18.9 Å². The molecule has 0 radical (unpaired) electrons. The summed E-state index contributed by atoms with van der Waals surface area (Å²) in [4.78, 5) is 19.6. The van der Waals surface area contributed by atoms with E-state index in [0.29, 0.717) is 12.5 Å². The molecule has 1 rings (SSSR count). The van der Waals surface area contributed by atoms with Crippen LogP contribution in [-0.4, -0.2) is 75.7 Å². The van der Waals surface area contributed by atoms with Crippen molar-refractivity contribution in [3.8, 4) is 0 Å². The Labute approximate surface area is 127 Å². The Bertz CT molecular complexity index is 387. The third-order valence-electron chi connectivity index (χ3n) is 3.30. The number of carbonyl (C=O) groups is 1. The van der Waals surface area contributed by atoms with Gasteiger partial charge in [-0.05, 0) is 13.3 Å². The van der Waals surface area contributed by atoms with Crippen molar-refractivity contribution in [2.24, 2.45) is 10.9 Å². The lowest BCUT2D eigenvalue weighted by Gasteiger charge is -2.24. The van der Waals surface area contributed by atoms with Crippen molar-refractivity contribution in [1.82, 2.24) is 15.1 Å². The summed E-state index contributed by atoms with van der Waals surface area (Å²) in [6.07, 6.45) is 1.07. The first-order valence-corrected chi connectivity index (χ1v) is 7.32. The van der Waals surface area contributed by atoms with Gasteiger partial charge < -0.3 is 19.9 Å². The lowest BCUT2D eigenvalue weighted by Crippen LogP contribution is -2.42. The van der Waals surface area contributed by atoms with E-state index in [9.17, 15) is 4.79 Å². The van der Waals surface area contributed by atoms with Crippen LogP contribution < -0.4 is 5.32 Å². The highest BCUT2D eigenvalue weighted by atomic mass is 16.5. The zero-order valence-corrected chi connectivity index (χ0v) is 13.7. The van der Waals surface area contributed by atoms with Crippen molar-refractivity contribution in [2.45, 2.75) is 13.3 Å². The summed E-state index contributed by atoms with van der Waals surface area (Å²) in [6.45, 7) is 9.20. The van der Waals surface area contributed by atoms with E-state index in [1.54, 1.807) is 19.0 Å². The molecule has 0 bridgehead atoms. The van der Waals surface area contributed by atoms with Crippen molar-refractivity contribution < 1.29 is 9.53 Å². The van der Waals surface area contributed by atoms with E-state index in [2.05, 4.69) is 16.9 Å². The minimum Gasteiger partial charge on any atom is -0.381 e. The van der Waals surface area contributed by atoms with Gasteiger partial charge in [0.25, 0.3) is 0 Å². The van der Waals surface area contributed by atoms with Crippen molar-refractivity contribution >= 4 is 11.9 Å². The van der Waals surface area contributed by atoms with Crippen LogP contribution in [0.4, 0.5) is 0 Å². The van der Waals surface area contributed by atoms with Crippen LogP contribution >= 0.6 is 0 Å². The van der Waals surface area contributed by atoms with E-state index >= 15 is 0 Å². The fourth-order valence-corrected chi connectivity index (χ4v) is 2.06. The molecule has 1 atom stereocenters. The molecule has 1 unspecified atom stereocenters. The summed E-state index contributed by atoms with van der Waals surface area (Å²) in [7, 11) is 5.42.